The van der Waals surface area contributed by atoms with E-state index < -0.39 is 34.2 Å². The summed E-state index contributed by atoms with van der Waals surface area (Å²) in [5.74, 6) is -3.26. The third kappa shape index (κ3) is 7.27. The monoisotopic (exact) mass is 560 g/mol. The number of nitro groups is 1. The summed E-state index contributed by atoms with van der Waals surface area (Å²) in [4.78, 5) is 40.6. The van der Waals surface area contributed by atoms with E-state index in [0.29, 0.717) is 23.6 Å². The molecule has 2 heterocycles. The number of nitrogens with two attached hydrogens (primary N) is 1. The van der Waals surface area contributed by atoms with Crippen molar-refractivity contribution < 1.29 is 41.6 Å². The summed E-state index contributed by atoms with van der Waals surface area (Å²) in [5, 5.41) is 16.5. The molecule has 4 N–H and O–H groups in total. The number of methoxy groups -OCH3 is 2. The number of nitrogens with one attached hydrogen (secondary N) is 2. The molecule has 0 saturated carbocycles. The molecule has 0 aliphatic carbocycles. The van der Waals surface area contributed by atoms with Crippen molar-refractivity contribution in [2.24, 2.45) is 0 Å². The zero-order valence-corrected chi connectivity index (χ0v) is 21.0. The molecule has 2 aromatic carbocycles. The van der Waals surface area contributed by atoms with Gasteiger partial charge in [-0.05, 0) is 24.3 Å². The van der Waals surface area contributed by atoms with Gasteiger partial charge < -0.3 is 34.7 Å². The number of carbonyl (C=O) groups is 2. The minimum absolute atomic E-state index is 0.0708. The fourth-order valence-electron chi connectivity index (χ4n) is 3.18. The number of oxazole rings is 2. The molecule has 0 unspecified atom stereocenters. The van der Waals surface area contributed by atoms with E-state index in [4.69, 9.17) is 14.6 Å². The Bertz CT molecular complexity index is 1480. The van der Waals surface area contributed by atoms with E-state index in [1.807, 2.05) is 0 Å². The molecule has 4 aromatic rings. The molecule has 14 nitrogen and oxygen atoms in total. The lowest BCUT2D eigenvalue weighted by molar-refractivity contribution is -0.386. The van der Waals surface area contributed by atoms with Crippen molar-refractivity contribution in [1.82, 2.24) is 9.97 Å². The van der Waals surface area contributed by atoms with Gasteiger partial charge >= 0.3 is 17.6 Å². The Morgan fingerprint density at radius 2 is 1.38 bits per heavy atom. The van der Waals surface area contributed by atoms with Gasteiger partial charge in [0, 0.05) is 0 Å². The highest BCUT2D eigenvalue weighted by Crippen LogP contribution is 2.30. The van der Waals surface area contributed by atoms with Crippen LogP contribution in [0.1, 0.15) is 32.1 Å². The number of esters is 2. The maximum absolute atomic E-state index is 13.8. The Hall–Kier alpha value is -5.54. The molecule has 0 bridgehead atoms. The molecule has 40 heavy (non-hydrogen) atoms. The third-order valence-electron chi connectivity index (χ3n) is 5.10. The first-order chi connectivity index (χ1) is 19.1. The predicted octanol–water partition coefficient (Wildman–Crippen LogP) is 3.92. The van der Waals surface area contributed by atoms with E-state index >= 15 is 0 Å². The van der Waals surface area contributed by atoms with Gasteiger partial charge in [0.25, 0.3) is 0 Å². The zero-order chi connectivity index (χ0) is 29.2. The number of nitro benzene ring substituents is 1. The van der Waals surface area contributed by atoms with Crippen molar-refractivity contribution in [3.05, 3.63) is 93.8 Å². The Morgan fingerprint density at radius 3 is 1.82 bits per heavy atom. The summed E-state index contributed by atoms with van der Waals surface area (Å²) in [7, 11) is 2.35. The van der Waals surface area contributed by atoms with Gasteiger partial charge in [-0.3, -0.25) is 10.1 Å². The van der Waals surface area contributed by atoms with Crippen LogP contribution < -0.4 is 16.4 Å². The highest BCUT2D eigenvalue weighted by Gasteiger charge is 2.24. The summed E-state index contributed by atoms with van der Waals surface area (Å²) in [5.41, 5.74) is 5.95. The highest BCUT2D eigenvalue weighted by molar-refractivity contribution is 5.92. The number of carbonyl (C=O) groups excluding carboxylic acids is 2. The molecule has 0 saturated heterocycles. The van der Waals surface area contributed by atoms with Crippen LogP contribution in [0.25, 0.3) is 0 Å². The van der Waals surface area contributed by atoms with Gasteiger partial charge in [-0.1, -0.05) is 0 Å². The number of benzene rings is 2. The number of aromatic nitrogens is 2. The molecule has 16 heteroatoms. The maximum Gasteiger partial charge on any atom is 0.338 e. The number of rotatable bonds is 9. The van der Waals surface area contributed by atoms with Gasteiger partial charge in [-0.25, -0.2) is 23.9 Å². The summed E-state index contributed by atoms with van der Waals surface area (Å²) in [6.45, 7) is 0.367. The topological polar surface area (TPSA) is 198 Å². The molecule has 0 amide bonds. The minimum Gasteiger partial charge on any atom is -0.465 e. The molecule has 0 aliphatic rings. The van der Waals surface area contributed by atoms with Crippen LogP contribution in [-0.2, 0) is 22.6 Å². The molecule has 210 valence electrons. The number of nitrogens with zero attached hydrogens (tertiary/aromatic N) is 3. The van der Waals surface area contributed by atoms with Gasteiger partial charge in [0.15, 0.2) is 12.8 Å². The summed E-state index contributed by atoms with van der Waals surface area (Å²) in [6.07, 6.45) is 5.26. The van der Waals surface area contributed by atoms with Gasteiger partial charge in [0.1, 0.15) is 24.0 Å². The Kier molecular flexibility index (Phi) is 9.66. The SMILES string of the molecule is COC(=O)c1cc(F)c(N)c(NCc2cocn2)c1.COC(=O)c1cc(F)c([N+](=O)[O-])c(NCc2cocn2)c1. The van der Waals surface area contributed by atoms with Gasteiger partial charge in [0.2, 0.25) is 5.82 Å². The molecule has 0 atom stereocenters. The Balaban J connectivity index is 0.000000222. The van der Waals surface area contributed by atoms with Crippen LogP contribution in [0.3, 0.4) is 0 Å². The van der Waals surface area contributed by atoms with Crippen molar-refractivity contribution >= 4 is 34.7 Å². The van der Waals surface area contributed by atoms with E-state index in [1.54, 1.807) is 0 Å². The first-order valence-corrected chi connectivity index (χ1v) is 11.1. The van der Waals surface area contributed by atoms with E-state index in [9.17, 15) is 28.5 Å². The van der Waals surface area contributed by atoms with E-state index in [2.05, 4.69) is 30.1 Å². The first kappa shape index (κ1) is 29.0. The number of hydrogen-bond donors (Lipinski definition) is 3. The van der Waals surface area contributed by atoms with Gasteiger partial charge in [0.05, 0.1) is 66.1 Å². The number of hydrogen-bond acceptors (Lipinski definition) is 13. The lowest BCUT2D eigenvalue weighted by atomic mass is 10.1. The van der Waals surface area contributed by atoms with Gasteiger partial charge in [-0.2, -0.15) is 4.39 Å². The minimum atomic E-state index is -1.13. The molecule has 0 fully saturated rings. The second kappa shape index (κ2) is 13.3. The standard InChI is InChI=1S/C12H10FN3O5.C12H12FN3O3/c1-20-12(17)7-2-9(13)11(16(18)19)10(3-7)14-4-8-5-21-6-15-8;1-18-12(17)7-2-9(13)11(14)10(3-7)15-4-8-5-19-6-16-8/h2-3,5-6,14H,4H2,1H3;2-3,5-6,15H,4,14H2,1H3. The third-order valence-corrected chi connectivity index (χ3v) is 5.10. The van der Waals surface area contributed by atoms with Crippen LogP contribution in [0.2, 0.25) is 0 Å². The van der Waals surface area contributed by atoms with Crippen molar-refractivity contribution in [2.45, 2.75) is 13.1 Å². The largest absolute Gasteiger partial charge is 0.465 e. The zero-order valence-electron chi connectivity index (χ0n) is 21.0. The lowest BCUT2D eigenvalue weighted by Crippen LogP contribution is -2.08. The van der Waals surface area contributed by atoms with Crippen LogP contribution in [0, 0.1) is 21.7 Å². The van der Waals surface area contributed by atoms with Crippen molar-refractivity contribution in [3.8, 4) is 0 Å². The highest BCUT2D eigenvalue weighted by atomic mass is 19.1. The quantitative estimate of drug-likeness (QED) is 0.115. The van der Waals surface area contributed by atoms with Crippen LogP contribution in [0.5, 0.6) is 0 Å². The van der Waals surface area contributed by atoms with Crippen LogP contribution in [-0.4, -0.2) is 41.0 Å². The molecule has 4 rings (SSSR count). The maximum atomic E-state index is 13.8. The fraction of sp³-hybridized carbons (Fsp3) is 0.167. The Labute approximate surface area is 224 Å². The first-order valence-electron chi connectivity index (χ1n) is 11.1. The second-order valence-electron chi connectivity index (χ2n) is 7.68. The molecular weight excluding hydrogens is 538 g/mol. The summed E-state index contributed by atoms with van der Waals surface area (Å²) in [6, 6.07) is 4.35. The average molecular weight is 560 g/mol. The lowest BCUT2D eigenvalue weighted by Gasteiger charge is -2.10. The van der Waals surface area contributed by atoms with Gasteiger partial charge in [-0.15, -0.1) is 0 Å². The number of nitrogen functional groups attached to an aromatic ring is 1. The van der Waals surface area contributed by atoms with Crippen LogP contribution in [0.15, 0.2) is 58.4 Å². The van der Waals surface area contributed by atoms with Crippen LogP contribution >= 0.6 is 0 Å². The van der Waals surface area contributed by atoms with E-state index in [1.165, 1.54) is 38.5 Å². The number of anilines is 3. The summed E-state index contributed by atoms with van der Waals surface area (Å²) < 4.78 is 46.0. The summed E-state index contributed by atoms with van der Waals surface area (Å²) >= 11 is 0. The normalized spacial score (nSPS) is 10.2. The van der Waals surface area contributed by atoms with Crippen molar-refractivity contribution in [2.75, 3.05) is 30.6 Å². The smallest absolute Gasteiger partial charge is 0.338 e. The Morgan fingerprint density at radius 1 is 0.900 bits per heavy atom. The van der Waals surface area contributed by atoms with E-state index in [0.717, 1.165) is 25.3 Å². The molecule has 2 aromatic heterocycles. The molecule has 0 aliphatic heterocycles. The average Bonchev–Trinajstić information content (AvgIpc) is 3.66. The predicted molar refractivity (Wildman–Crippen MR) is 134 cm³/mol. The van der Waals surface area contributed by atoms with Crippen molar-refractivity contribution in [3.63, 3.8) is 0 Å². The second-order valence-corrected chi connectivity index (χ2v) is 7.68. The number of halogens is 2. The van der Waals surface area contributed by atoms with Crippen LogP contribution in [0.4, 0.5) is 31.5 Å². The fourth-order valence-corrected chi connectivity index (χ4v) is 3.18. The number of ether oxygens (including phenoxy) is 2. The van der Waals surface area contributed by atoms with Crippen molar-refractivity contribution in [1.29, 1.82) is 0 Å². The molecule has 0 spiro atoms. The molecule has 0 radical (unpaired) electrons. The molecular formula is C24H22F2N6O8. The van der Waals surface area contributed by atoms with E-state index in [-0.39, 0.29) is 29.0 Å².